The van der Waals surface area contributed by atoms with Crippen LogP contribution in [0, 0.1) is 5.92 Å². The third-order valence-corrected chi connectivity index (χ3v) is 16.2. The van der Waals surface area contributed by atoms with E-state index >= 15 is 0 Å². The summed E-state index contributed by atoms with van der Waals surface area (Å²) >= 11 is 0. The number of nitrogens with one attached hydrogen (secondary N) is 2. The molecule has 0 amide bonds. The minimum atomic E-state index is -5.86. The number of anilines is 2. The Hall–Kier alpha value is -4.52. The van der Waals surface area contributed by atoms with Gasteiger partial charge in [-0.15, -0.1) is 0 Å². The van der Waals surface area contributed by atoms with Gasteiger partial charge in [-0.1, -0.05) is 0 Å². The number of phosphoric acid groups is 3. The van der Waals surface area contributed by atoms with Crippen molar-refractivity contribution in [3.63, 3.8) is 0 Å². The third-order valence-electron chi connectivity index (χ3n) is 11.4. The molecule has 0 radical (unpaired) electrons. The fourth-order valence-electron chi connectivity index (χ4n) is 8.19. The lowest BCUT2D eigenvalue weighted by Crippen LogP contribution is -2.38. The Balaban J connectivity index is 0.939. The lowest BCUT2D eigenvalue weighted by molar-refractivity contribution is -0.646. The first-order valence-electron chi connectivity index (χ1n) is 20.9. The van der Waals surface area contributed by atoms with Gasteiger partial charge in [-0.25, -0.2) is 42.3 Å². The molecule has 0 aliphatic carbocycles. The molecule has 3 saturated heterocycles. The molecule has 74 heavy (non-hydrogen) atoms. The highest BCUT2D eigenvalue weighted by Gasteiger charge is 2.53. The van der Waals surface area contributed by atoms with Crippen LogP contribution >= 0.6 is 30.9 Å². The first-order chi connectivity index (χ1) is 34.7. The Morgan fingerprint density at radius 1 is 0.757 bits per heavy atom. The number of phosphoric ester groups is 2. The van der Waals surface area contributed by atoms with Crippen LogP contribution in [0.3, 0.4) is 0 Å². The molecule has 5 aromatic rings. The lowest BCUT2D eigenvalue weighted by atomic mass is 9.99. The van der Waals surface area contributed by atoms with Crippen LogP contribution in [0.5, 0.6) is 0 Å². The highest BCUT2D eigenvalue weighted by atomic mass is 31.3. The molecule has 3 aliphatic rings. The van der Waals surface area contributed by atoms with Crippen LogP contribution in [-0.4, -0.2) is 171 Å². The Morgan fingerprint density at radius 2 is 1.42 bits per heavy atom. The maximum Gasteiger partial charge on any atom is 0.485 e. The van der Waals surface area contributed by atoms with E-state index in [9.17, 15) is 62.6 Å². The second-order valence-electron chi connectivity index (χ2n) is 16.1. The van der Waals surface area contributed by atoms with Crippen LogP contribution in [0.2, 0.25) is 0 Å². The van der Waals surface area contributed by atoms with Crippen LogP contribution in [0.25, 0.3) is 22.3 Å². The van der Waals surface area contributed by atoms with Crippen molar-refractivity contribution in [1.29, 1.82) is 0 Å². The van der Waals surface area contributed by atoms with E-state index in [-0.39, 0.29) is 40.7 Å². The van der Waals surface area contributed by atoms with Gasteiger partial charge in [-0.05, 0) is 0 Å². The van der Waals surface area contributed by atoms with Crippen LogP contribution < -0.4 is 32.8 Å². The molecule has 0 saturated carbocycles. The van der Waals surface area contributed by atoms with Crippen LogP contribution in [0.15, 0.2) is 45.6 Å². The summed E-state index contributed by atoms with van der Waals surface area (Å²) in [7, 11) is -19.4. The number of ether oxygens (including phenoxy) is 5. The van der Waals surface area contributed by atoms with Gasteiger partial charge < -0.3 is 74.2 Å². The van der Waals surface area contributed by atoms with E-state index in [2.05, 4.69) is 29.2 Å². The molecule has 8 rings (SSSR count). The molecule has 16 atom stereocenters. The van der Waals surface area contributed by atoms with Crippen molar-refractivity contribution in [3.05, 3.63) is 62.4 Å². The zero-order valence-electron chi connectivity index (χ0n) is 37.7. The Morgan fingerprint density at radius 3 is 2.12 bits per heavy atom. The zero-order valence-corrected chi connectivity index (χ0v) is 41.3. The smallest absolute Gasteiger partial charge is 0.387 e. The number of hydrogen-bond donors (Lipinski definition) is 10. The average molecular weight is 1130 g/mol. The number of nitrogen functional groups attached to an aromatic ring is 2. The number of aliphatic hydroxyl groups is 3. The molecule has 5 aromatic heterocycles. The molecule has 0 aromatic carbocycles. The molecule has 36 nitrogen and oxygen atoms in total. The predicted octanol–water partition coefficient (Wildman–Crippen LogP) is -4.60. The largest absolute Gasteiger partial charge is 0.485 e. The van der Waals surface area contributed by atoms with E-state index in [1.807, 2.05) is 4.98 Å². The van der Waals surface area contributed by atoms with Gasteiger partial charge in [0.05, 0.1) is 53.5 Å². The average Bonchev–Trinajstić information content (AvgIpc) is 4.10. The maximum absolute atomic E-state index is 13.6. The summed E-state index contributed by atoms with van der Waals surface area (Å²) in [5, 5.41) is 32.6. The molecule has 3 aliphatic heterocycles. The predicted molar refractivity (Wildman–Crippen MR) is 245 cm³/mol. The molecular weight excluding hydrogens is 1080 g/mol. The number of hydrogen-bond acceptors (Lipinski definition) is 27. The Labute approximate surface area is 413 Å². The van der Waals surface area contributed by atoms with Gasteiger partial charge in [0.1, 0.15) is 54.6 Å². The molecular formula is C33H49BN12O24P4. The summed E-state index contributed by atoms with van der Waals surface area (Å²) in [4.78, 5) is 89.5. The number of methoxy groups -OCH3 is 2. The molecule has 0 spiro atoms. The van der Waals surface area contributed by atoms with Gasteiger partial charge >= 0.3 is 34.7 Å². The Kier molecular flexibility index (Phi) is 16.2. The summed E-state index contributed by atoms with van der Waals surface area (Å²) in [6, 6.07) is 0.938. The summed E-state index contributed by atoms with van der Waals surface area (Å²) in [6.45, 7) is -2.96. The highest BCUT2D eigenvalue weighted by molar-refractivity contribution is 7.84. The van der Waals surface area contributed by atoms with Crippen LogP contribution in [-0.2, 0) is 75.7 Å². The SMILES string of the molecule is [BH3-]P(=O)(OC[C@H]1O[C@@H](n2c[n+](C)c3c(=O)[nH]c(N)nc32)[C@H](O)[C@@H]1COC)OP(=O)(O)OP(=O)(O)OCC1O[C@@H](n2cnc3c(N)ncnc32)[C@H](OC)[C@@H]1OP(=O)(O)OC[C@H]1O[C@@H](n2ccc(=O)[nH]c2=O)[C@H](O)[C@@H]1O. The number of aliphatic hydroxyl groups excluding tert-OH is 3. The van der Waals surface area contributed by atoms with Gasteiger partial charge in [-0.2, -0.15) is 13.9 Å². The molecule has 3 fully saturated rings. The monoisotopic (exact) mass is 1130 g/mol. The lowest BCUT2D eigenvalue weighted by Gasteiger charge is -2.27. The number of nitrogens with two attached hydrogens (primary N) is 2. The van der Waals surface area contributed by atoms with Crippen molar-refractivity contribution >= 4 is 72.6 Å². The molecule has 0 bridgehead atoms. The second kappa shape index (κ2) is 21.5. The van der Waals surface area contributed by atoms with Gasteiger partial charge in [0, 0.05) is 32.4 Å². The number of fused-ring (bicyclic) bond motifs is 2. The summed E-state index contributed by atoms with van der Waals surface area (Å²) < 4.78 is 117. The van der Waals surface area contributed by atoms with Crippen molar-refractivity contribution < 1.29 is 103 Å². The van der Waals surface area contributed by atoms with Crippen LogP contribution in [0.1, 0.15) is 18.7 Å². The second-order valence-corrected chi connectivity index (χ2v) is 21.6. The molecule has 12 N–H and O–H groups in total. The first-order valence-corrected chi connectivity index (χ1v) is 26.5. The molecule has 8 heterocycles. The number of imidazole rings is 2. The quantitative estimate of drug-likeness (QED) is 0.0188. The molecule has 5 unspecified atom stereocenters. The van der Waals surface area contributed by atoms with Crippen molar-refractivity contribution in [2.45, 2.75) is 67.5 Å². The maximum atomic E-state index is 13.6. The summed E-state index contributed by atoms with van der Waals surface area (Å²) in [6.07, 6.45) is -12.5. The van der Waals surface area contributed by atoms with Gasteiger partial charge in [0.2, 0.25) is 18.5 Å². The van der Waals surface area contributed by atoms with Crippen molar-refractivity contribution in [3.8, 4) is 0 Å². The number of nitrogens with zero attached hydrogens (tertiary/aromatic N) is 8. The molecule has 408 valence electrons. The Bertz CT molecular complexity index is 3270. The number of rotatable bonds is 21. The summed E-state index contributed by atoms with van der Waals surface area (Å²) in [5.41, 5.74) is 9.57. The van der Waals surface area contributed by atoms with E-state index in [1.54, 1.807) is 0 Å². The summed E-state index contributed by atoms with van der Waals surface area (Å²) in [5.74, 6) is -1.19. The van der Waals surface area contributed by atoms with Crippen molar-refractivity contribution in [1.82, 2.24) is 43.6 Å². The van der Waals surface area contributed by atoms with Gasteiger partial charge in [0.15, 0.2) is 31.4 Å². The fourth-order valence-corrected chi connectivity index (χ4v) is 12.2. The fraction of sp³-hybridized carbons (Fsp3) is 0.576. The van der Waals surface area contributed by atoms with Crippen molar-refractivity contribution in [2.24, 2.45) is 13.0 Å². The van der Waals surface area contributed by atoms with Gasteiger partial charge in [0.25, 0.3) is 16.7 Å². The van der Waals surface area contributed by atoms with E-state index in [4.69, 9.17) is 57.6 Å². The van der Waals surface area contributed by atoms with Gasteiger partial charge in [-0.3, -0.25) is 42.3 Å². The third kappa shape index (κ3) is 11.7. The topological polar surface area (TPSA) is 496 Å². The first kappa shape index (κ1) is 55.7. The number of aryl methyl sites for hydroxylation is 1. The zero-order chi connectivity index (χ0) is 53.8. The molecule has 41 heteroatoms. The standard InChI is InChI=1S/C33H49BN12O24P4/c1-43-12-46(27-19(43)28(51)42-32(36)41-27)29-20(48)13(6-60-2)14(65-29)7-62-71(34,53)69-74(58,59)70-73(56,57)64-9-16-23(24(61-3)31(67-16)45-11-39-18-25(35)37-10-38-26(18)45)68-72(54,55)63-8-15-21(49)22(50)30(66-15)44-5-4-17(47)40-33(44)52/h4-5,10-16,20-24,29-31,48-50H,6-9H2,1-3,34H3,(H,54,55)(H,56,57)(H,58,59)(H2,35,37,38)(H,40,47,52)(H3,36,41,42,51)/t13-,14-,15-,16?,20-,21-,22-,23-,24-,29-,30-,31-,71?/m1/s1. The highest BCUT2D eigenvalue weighted by Crippen LogP contribution is 2.68. The van der Waals surface area contributed by atoms with E-state index in [1.165, 1.54) is 40.5 Å². The minimum Gasteiger partial charge on any atom is -0.387 e. The normalized spacial score (nSPS) is 30.6. The van der Waals surface area contributed by atoms with Crippen molar-refractivity contribution in [2.75, 3.05) is 52.1 Å². The van der Waals surface area contributed by atoms with E-state index in [0.717, 1.165) is 30.3 Å². The van der Waals surface area contributed by atoms with Crippen LogP contribution in [0.4, 0.5) is 11.8 Å². The minimum absolute atomic E-state index is 0.0386. The van der Waals surface area contributed by atoms with E-state index in [0.29, 0.717) is 0 Å². The number of aromatic amines is 2. The van der Waals surface area contributed by atoms with E-state index < -0.39 is 149 Å². The number of H-pyrrole nitrogens is 2. The number of aromatic nitrogens is 10.